The molecule has 1 atom stereocenters. The van der Waals surface area contributed by atoms with Gasteiger partial charge in [-0.1, -0.05) is 18.2 Å². The van der Waals surface area contributed by atoms with E-state index in [2.05, 4.69) is 0 Å². The first-order valence-electron chi connectivity index (χ1n) is 6.49. The van der Waals surface area contributed by atoms with E-state index in [9.17, 15) is 19.5 Å². The minimum absolute atomic E-state index is 0.136. The fourth-order valence-corrected chi connectivity index (χ4v) is 2.99. The van der Waals surface area contributed by atoms with Gasteiger partial charge in [0.25, 0.3) is 0 Å². The van der Waals surface area contributed by atoms with Crippen molar-refractivity contribution >= 4 is 35.2 Å². The number of nitrogens with zero attached hydrogens (tertiary/aromatic N) is 1. The van der Waals surface area contributed by atoms with Crippen molar-refractivity contribution in [1.29, 1.82) is 0 Å². The van der Waals surface area contributed by atoms with E-state index in [0.717, 1.165) is 0 Å². The molecule has 6 nitrogen and oxygen atoms in total. The molecule has 0 saturated carbocycles. The second-order valence-electron chi connectivity index (χ2n) is 4.72. The molecular formula is C14H16N2O4S. The quantitative estimate of drug-likeness (QED) is 0.757. The summed E-state index contributed by atoms with van der Waals surface area (Å²) in [7, 11) is 0. The Bertz CT molecular complexity index is 576. The molecule has 112 valence electrons. The van der Waals surface area contributed by atoms with Gasteiger partial charge in [0.15, 0.2) is 0 Å². The number of fused-ring (bicyclic) bond motifs is 1. The number of primary amides is 1. The van der Waals surface area contributed by atoms with Gasteiger partial charge in [-0.2, -0.15) is 11.8 Å². The van der Waals surface area contributed by atoms with Gasteiger partial charge in [0, 0.05) is 24.4 Å². The van der Waals surface area contributed by atoms with Crippen molar-refractivity contribution in [2.24, 2.45) is 5.73 Å². The van der Waals surface area contributed by atoms with Crippen molar-refractivity contribution in [1.82, 2.24) is 0 Å². The summed E-state index contributed by atoms with van der Waals surface area (Å²) in [6.45, 7) is 0.161. The largest absolute Gasteiger partial charge is 0.481 e. The number of benzene rings is 1. The molecule has 0 bridgehead atoms. The molecule has 2 rings (SSSR count). The fourth-order valence-electron chi connectivity index (χ4n) is 2.32. The summed E-state index contributed by atoms with van der Waals surface area (Å²) in [6, 6.07) is 7.05. The van der Waals surface area contributed by atoms with Crippen LogP contribution in [0.25, 0.3) is 0 Å². The van der Waals surface area contributed by atoms with Gasteiger partial charge in [0.05, 0.1) is 5.75 Å². The summed E-state index contributed by atoms with van der Waals surface area (Å²) >= 11 is 1.30. The first-order valence-corrected chi connectivity index (χ1v) is 7.64. The molecule has 0 saturated heterocycles. The van der Waals surface area contributed by atoms with Crippen LogP contribution in [0.5, 0.6) is 0 Å². The number of carbonyl (C=O) groups excluding carboxylic acids is 2. The zero-order valence-electron chi connectivity index (χ0n) is 11.3. The molecule has 3 N–H and O–H groups in total. The highest BCUT2D eigenvalue weighted by atomic mass is 32.2. The summed E-state index contributed by atoms with van der Waals surface area (Å²) in [5.74, 6) is -1.49. The Labute approximate surface area is 126 Å². The van der Waals surface area contributed by atoms with E-state index in [1.54, 1.807) is 24.3 Å². The second-order valence-corrected chi connectivity index (χ2v) is 5.83. The molecule has 1 unspecified atom stereocenters. The molecule has 7 heteroatoms. The number of anilines is 1. The number of nitrogens with two attached hydrogens (primary N) is 1. The van der Waals surface area contributed by atoms with Gasteiger partial charge in [-0.25, -0.2) is 0 Å². The molecule has 1 aromatic rings. The van der Waals surface area contributed by atoms with E-state index in [0.29, 0.717) is 17.0 Å². The number of aliphatic carboxylic acids is 1. The van der Waals surface area contributed by atoms with Crippen LogP contribution in [0.15, 0.2) is 24.3 Å². The summed E-state index contributed by atoms with van der Waals surface area (Å²) in [6.07, 6.45) is 0.249. The van der Waals surface area contributed by atoms with E-state index in [1.165, 1.54) is 16.7 Å². The highest BCUT2D eigenvalue weighted by molar-refractivity contribution is 7.99. The van der Waals surface area contributed by atoms with Crippen LogP contribution in [0, 0.1) is 0 Å². The monoisotopic (exact) mass is 308 g/mol. The number of thioether (sulfide) groups is 1. The highest BCUT2D eigenvalue weighted by Crippen LogP contribution is 2.36. The lowest BCUT2D eigenvalue weighted by Gasteiger charge is -2.17. The number of para-hydroxylation sites is 1. The third-order valence-corrected chi connectivity index (χ3v) is 4.25. The number of carboxylic acid groups (broad SMARTS) is 1. The van der Waals surface area contributed by atoms with Gasteiger partial charge < -0.3 is 15.7 Å². The third kappa shape index (κ3) is 3.55. The van der Waals surface area contributed by atoms with Gasteiger partial charge in [-0.3, -0.25) is 14.4 Å². The van der Waals surface area contributed by atoms with Crippen LogP contribution in [-0.2, 0) is 14.4 Å². The Morgan fingerprint density at radius 2 is 2.05 bits per heavy atom. The molecule has 1 aliphatic heterocycles. The summed E-state index contributed by atoms with van der Waals surface area (Å²) in [4.78, 5) is 35.6. The van der Waals surface area contributed by atoms with Crippen molar-refractivity contribution in [2.75, 3.05) is 23.0 Å². The van der Waals surface area contributed by atoms with E-state index >= 15 is 0 Å². The van der Waals surface area contributed by atoms with Gasteiger partial charge in [0.2, 0.25) is 11.8 Å². The topological polar surface area (TPSA) is 101 Å². The normalized spacial score (nSPS) is 16.6. The van der Waals surface area contributed by atoms with Gasteiger partial charge in [-0.05, 0) is 11.6 Å². The average Bonchev–Trinajstić information content (AvgIpc) is 2.83. The lowest BCUT2D eigenvalue weighted by atomic mass is 10.0. The first-order chi connectivity index (χ1) is 10.0. The van der Waals surface area contributed by atoms with Crippen molar-refractivity contribution in [3.8, 4) is 0 Å². The Morgan fingerprint density at radius 3 is 2.71 bits per heavy atom. The Morgan fingerprint density at radius 1 is 1.33 bits per heavy atom. The van der Waals surface area contributed by atoms with Crippen molar-refractivity contribution in [2.45, 2.75) is 12.3 Å². The van der Waals surface area contributed by atoms with Crippen LogP contribution < -0.4 is 10.6 Å². The maximum absolute atomic E-state index is 12.2. The maximum Gasteiger partial charge on any atom is 0.312 e. The molecule has 0 aliphatic carbocycles. The first kappa shape index (κ1) is 15.4. The number of hydrogen-bond donors (Lipinski definition) is 2. The fraction of sp³-hybridized carbons (Fsp3) is 0.357. The molecule has 0 fully saturated rings. The summed E-state index contributed by atoms with van der Waals surface area (Å²) < 4.78 is 0. The smallest absolute Gasteiger partial charge is 0.312 e. The lowest BCUT2D eigenvalue weighted by molar-refractivity contribution is -0.138. The molecule has 21 heavy (non-hydrogen) atoms. The van der Waals surface area contributed by atoms with Crippen LogP contribution in [0.3, 0.4) is 0 Å². The highest BCUT2D eigenvalue weighted by Gasteiger charge is 2.35. The molecule has 0 spiro atoms. The van der Waals surface area contributed by atoms with Crippen LogP contribution >= 0.6 is 11.8 Å². The minimum Gasteiger partial charge on any atom is -0.481 e. The van der Waals surface area contributed by atoms with Gasteiger partial charge in [0.1, 0.15) is 5.92 Å². The lowest BCUT2D eigenvalue weighted by Crippen LogP contribution is -2.31. The zero-order chi connectivity index (χ0) is 15.4. The molecule has 2 amide bonds. The van der Waals surface area contributed by atoms with Gasteiger partial charge >= 0.3 is 5.97 Å². The number of carboxylic acids is 1. The summed E-state index contributed by atoms with van der Waals surface area (Å²) in [5, 5.41) is 9.24. The Balaban J connectivity index is 2.02. The van der Waals surface area contributed by atoms with E-state index in [4.69, 9.17) is 5.73 Å². The standard InChI is InChI=1S/C14H16N2O4S/c15-12(17)8-21-6-5-13(18)16-7-10(14(19)20)9-3-1-2-4-11(9)16/h1-4,10H,5-8H2,(H2,15,17)(H,19,20). The van der Waals surface area contributed by atoms with Crippen molar-refractivity contribution in [3.05, 3.63) is 29.8 Å². The predicted molar refractivity (Wildman–Crippen MR) is 80.3 cm³/mol. The molecule has 1 heterocycles. The van der Waals surface area contributed by atoms with Crippen molar-refractivity contribution in [3.63, 3.8) is 0 Å². The molecule has 0 radical (unpaired) electrons. The molecule has 1 aromatic carbocycles. The molecule has 1 aliphatic rings. The number of hydrogen-bond acceptors (Lipinski definition) is 4. The van der Waals surface area contributed by atoms with Crippen molar-refractivity contribution < 1.29 is 19.5 Å². The van der Waals surface area contributed by atoms with E-state index in [1.807, 2.05) is 0 Å². The van der Waals surface area contributed by atoms with Crippen LogP contribution in [0.4, 0.5) is 5.69 Å². The SMILES string of the molecule is NC(=O)CSCCC(=O)N1CC(C(=O)O)c2ccccc21. The van der Waals surface area contributed by atoms with Crippen LogP contribution in [0.2, 0.25) is 0 Å². The molecular weight excluding hydrogens is 292 g/mol. The average molecular weight is 308 g/mol. The number of rotatable bonds is 6. The number of carbonyl (C=O) groups is 3. The maximum atomic E-state index is 12.2. The minimum atomic E-state index is -0.930. The summed E-state index contributed by atoms with van der Waals surface area (Å²) in [5.41, 5.74) is 6.36. The number of amides is 2. The zero-order valence-corrected chi connectivity index (χ0v) is 12.1. The Hall–Kier alpha value is -2.02. The molecule has 0 aromatic heterocycles. The Kier molecular flexibility index (Phi) is 4.85. The van der Waals surface area contributed by atoms with Crippen LogP contribution in [-0.4, -0.2) is 40.9 Å². The van der Waals surface area contributed by atoms with Gasteiger partial charge in [-0.15, -0.1) is 0 Å². The predicted octanol–water partition coefficient (Wildman–Crippen LogP) is 0.810. The van der Waals surface area contributed by atoms with E-state index in [-0.39, 0.29) is 24.6 Å². The third-order valence-electron chi connectivity index (χ3n) is 3.27. The van der Waals surface area contributed by atoms with E-state index < -0.39 is 17.8 Å². The second kappa shape index (κ2) is 6.62. The van der Waals surface area contributed by atoms with Crippen LogP contribution in [0.1, 0.15) is 17.9 Å².